The van der Waals surface area contributed by atoms with Crippen molar-refractivity contribution in [3.63, 3.8) is 0 Å². The number of hydrogen-bond acceptors (Lipinski definition) is 6. The van der Waals surface area contributed by atoms with Crippen molar-refractivity contribution in [3.8, 4) is 0 Å². The van der Waals surface area contributed by atoms with Crippen molar-refractivity contribution in [1.29, 1.82) is 0 Å². The van der Waals surface area contributed by atoms with Gasteiger partial charge in [0.05, 0.1) is 12.4 Å². The fourth-order valence-corrected chi connectivity index (χ4v) is 7.08. The molecule has 0 radical (unpaired) electrons. The third kappa shape index (κ3) is 6.59. The minimum atomic E-state index is -3.51. The first-order valence-electron chi connectivity index (χ1n) is 13.5. The van der Waals surface area contributed by atoms with Crippen LogP contribution in [-0.4, -0.2) is 61.4 Å². The Morgan fingerprint density at radius 3 is 2.54 bits per heavy atom. The number of sulfonamides is 1. The Morgan fingerprint density at radius 2 is 1.89 bits per heavy atom. The summed E-state index contributed by atoms with van der Waals surface area (Å²) < 4.78 is 33.5. The van der Waals surface area contributed by atoms with Crippen molar-refractivity contribution < 1.29 is 22.7 Å². The van der Waals surface area contributed by atoms with Crippen LogP contribution in [0.1, 0.15) is 70.4 Å². The number of amides is 2. The number of rotatable bonds is 9. The molecule has 1 aromatic rings. The summed E-state index contributed by atoms with van der Waals surface area (Å²) in [6.07, 6.45) is 5.57. The Hall–Kier alpha value is -2.30. The number of nitrogens with one attached hydrogen (secondary N) is 2. The van der Waals surface area contributed by atoms with Crippen LogP contribution >= 0.6 is 0 Å². The molecule has 10 heteroatoms. The predicted octanol–water partition coefficient (Wildman–Crippen LogP) is 3.24. The highest BCUT2D eigenvalue weighted by molar-refractivity contribution is 7.89. The van der Waals surface area contributed by atoms with E-state index in [4.69, 9.17) is 9.73 Å². The van der Waals surface area contributed by atoms with Gasteiger partial charge in [-0.1, -0.05) is 25.8 Å². The number of hydrogen-bond donors (Lipinski definition) is 2. The van der Waals surface area contributed by atoms with E-state index in [1.807, 2.05) is 19.1 Å². The second kappa shape index (κ2) is 11.6. The monoisotopic (exact) mass is 532 g/mol. The van der Waals surface area contributed by atoms with E-state index in [2.05, 4.69) is 17.6 Å². The van der Waals surface area contributed by atoms with E-state index in [9.17, 15) is 18.0 Å². The fourth-order valence-electron chi connectivity index (χ4n) is 5.61. The van der Waals surface area contributed by atoms with Gasteiger partial charge in [-0.05, 0) is 68.2 Å². The van der Waals surface area contributed by atoms with Crippen LogP contribution in [0.3, 0.4) is 0 Å². The molecule has 1 aliphatic carbocycles. The van der Waals surface area contributed by atoms with Crippen molar-refractivity contribution in [2.75, 3.05) is 30.8 Å². The number of anilines is 1. The van der Waals surface area contributed by atoms with Gasteiger partial charge >= 0.3 is 0 Å². The zero-order chi connectivity index (χ0) is 26.6. The number of benzene rings is 1. The molecule has 2 N–H and O–H groups in total. The quantitative estimate of drug-likeness (QED) is 0.506. The topological polar surface area (TPSA) is 117 Å². The van der Waals surface area contributed by atoms with Gasteiger partial charge < -0.3 is 15.4 Å². The number of carbonyl (C=O) groups is 2. The van der Waals surface area contributed by atoms with E-state index in [1.54, 1.807) is 6.07 Å². The number of carbonyl (C=O) groups excluding carboxylic acids is 2. The summed E-state index contributed by atoms with van der Waals surface area (Å²) in [5.41, 5.74) is 1.58. The predicted molar refractivity (Wildman–Crippen MR) is 144 cm³/mol. The summed E-state index contributed by atoms with van der Waals surface area (Å²) in [4.78, 5) is 29.2. The molecule has 0 atom stereocenters. The minimum Gasteiger partial charge on any atom is -0.377 e. The Balaban J connectivity index is 1.38. The Kier molecular flexibility index (Phi) is 8.70. The molecule has 0 bridgehead atoms. The zero-order valence-electron chi connectivity index (χ0n) is 22.2. The summed E-state index contributed by atoms with van der Waals surface area (Å²) in [5.74, 6) is 1.59. The number of aryl methyl sites for hydroxylation is 1. The molecule has 0 unspecified atom stereocenters. The van der Waals surface area contributed by atoms with Gasteiger partial charge in [0.25, 0.3) is 5.91 Å². The van der Waals surface area contributed by atoms with Crippen LogP contribution in [0.15, 0.2) is 23.2 Å². The van der Waals surface area contributed by atoms with Crippen LogP contribution in [0.4, 0.5) is 5.69 Å². The van der Waals surface area contributed by atoms with Crippen molar-refractivity contribution in [2.45, 2.75) is 77.9 Å². The van der Waals surface area contributed by atoms with Crippen LogP contribution in [0.5, 0.6) is 0 Å². The highest BCUT2D eigenvalue weighted by Gasteiger charge is 2.48. The van der Waals surface area contributed by atoms with Gasteiger partial charge in [-0.15, -0.1) is 0 Å². The SMILES string of the molecule is CCOCc1cc(NC(C)=O)ccc1CCS(=O)(=O)N1CCC2(CC1)N=C(C1CCC(C)CC1)NC2=O. The van der Waals surface area contributed by atoms with Gasteiger partial charge in [0, 0.05) is 38.2 Å². The maximum absolute atomic E-state index is 13.2. The molecule has 2 fully saturated rings. The lowest BCUT2D eigenvalue weighted by molar-refractivity contribution is -0.125. The molecule has 1 aromatic carbocycles. The standard InChI is InChI=1S/C27H40N4O5S/c1-4-36-18-23-17-24(28-20(3)32)10-9-21(23)11-16-37(34,35)31-14-12-27(13-15-31)26(33)29-25(30-27)22-7-5-19(2)6-8-22/h9-10,17,19,22H,4-8,11-16,18H2,1-3H3,(H,28,32)(H,29,30,33). The first-order chi connectivity index (χ1) is 17.6. The van der Waals surface area contributed by atoms with Crippen molar-refractivity contribution >= 4 is 33.4 Å². The number of piperidine rings is 1. The van der Waals surface area contributed by atoms with Gasteiger partial charge in [0.15, 0.2) is 0 Å². The Bertz CT molecular complexity index is 1130. The zero-order valence-corrected chi connectivity index (χ0v) is 23.0. The summed E-state index contributed by atoms with van der Waals surface area (Å²) in [6, 6.07) is 5.47. The second-order valence-electron chi connectivity index (χ2n) is 10.7. The molecule has 0 aromatic heterocycles. The summed E-state index contributed by atoms with van der Waals surface area (Å²) in [5, 5.41) is 5.81. The maximum atomic E-state index is 13.2. The summed E-state index contributed by atoms with van der Waals surface area (Å²) in [6.45, 7) is 7.09. The third-order valence-corrected chi connectivity index (χ3v) is 9.83. The van der Waals surface area contributed by atoms with Gasteiger partial charge in [-0.2, -0.15) is 0 Å². The normalized spacial score (nSPS) is 24.1. The molecule has 1 spiro atoms. The van der Waals surface area contributed by atoms with Crippen LogP contribution in [0, 0.1) is 11.8 Å². The molecular weight excluding hydrogens is 492 g/mol. The van der Waals surface area contributed by atoms with Crippen LogP contribution in [0.2, 0.25) is 0 Å². The van der Waals surface area contributed by atoms with Gasteiger partial charge in [-0.25, -0.2) is 12.7 Å². The highest BCUT2D eigenvalue weighted by Crippen LogP contribution is 2.36. The summed E-state index contributed by atoms with van der Waals surface area (Å²) >= 11 is 0. The van der Waals surface area contributed by atoms with E-state index >= 15 is 0 Å². The van der Waals surface area contributed by atoms with Gasteiger partial charge in [-0.3, -0.25) is 14.6 Å². The van der Waals surface area contributed by atoms with Crippen LogP contribution in [-0.2, 0) is 37.4 Å². The average Bonchev–Trinajstić information content (AvgIpc) is 3.17. The number of aliphatic imine (C=N–C) groups is 1. The summed E-state index contributed by atoms with van der Waals surface area (Å²) in [7, 11) is -3.51. The minimum absolute atomic E-state index is 0.0282. The molecule has 2 amide bonds. The lowest BCUT2D eigenvalue weighted by Gasteiger charge is -2.34. The lowest BCUT2D eigenvalue weighted by Crippen LogP contribution is -2.51. The largest absolute Gasteiger partial charge is 0.377 e. The molecule has 4 rings (SSSR count). The average molecular weight is 533 g/mol. The fraction of sp³-hybridized carbons (Fsp3) is 0.667. The van der Waals surface area contributed by atoms with E-state index < -0.39 is 15.6 Å². The number of ether oxygens (including phenoxy) is 1. The van der Waals surface area contributed by atoms with Gasteiger partial charge in [0.1, 0.15) is 11.4 Å². The van der Waals surface area contributed by atoms with Crippen LogP contribution in [0.25, 0.3) is 0 Å². The second-order valence-corrected chi connectivity index (χ2v) is 12.8. The smallest absolute Gasteiger partial charge is 0.253 e. The molecule has 1 saturated carbocycles. The van der Waals surface area contributed by atoms with Gasteiger partial charge in [0.2, 0.25) is 15.9 Å². The number of nitrogens with zero attached hydrogens (tertiary/aromatic N) is 2. The van der Waals surface area contributed by atoms with Crippen molar-refractivity contribution in [3.05, 3.63) is 29.3 Å². The molecule has 1 saturated heterocycles. The lowest BCUT2D eigenvalue weighted by atomic mass is 9.82. The maximum Gasteiger partial charge on any atom is 0.253 e. The van der Waals surface area contributed by atoms with E-state index in [1.165, 1.54) is 11.2 Å². The van der Waals surface area contributed by atoms with E-state index in [0.717, 1.165) is 48.6 Å². The Labute approximate surface area is 220 Å². The first-order valence-corrected chi connectivity index (χ1v) is 15.1. The number of amidine groups is 1. The molecule has 9 nitrogen and oxygen atoms in total. The molecule has 37 heavy (non-hydrogen) atoms. The first kappa shape index (κ1) is 27.7. The molecule has 2 heterocycles. The molecule has 2 aliphatic heterocycles. The Morgan fingerprint density at radius 1 is 1.19 bits per heavy atom. The van der Waals surface area contributed by atoms with E-state index in [-0.39, 0.29) is 17.6 Å². The molecular formula is C27H40N4O5S. The highest BCUT2D eigenvalue weighted by atomic mass is 32.2. The van der Waals surface area contributed by atoms with Crippen LogP contribution < -0.4 is 10.6 Å². The van der Waals surface area contributed by atoms with Crippen molar-refractivity contribution in [2.24, 2.45) is 16.8 Å². The van der Waals surface area contributed by atoms with Crippen molar-refractivity contribution in [1.82, 2.24) is 9.62 Å². The third-order valence-electron chi connectivity index (χ3n) is 7.96. The molecule has 3 aliphatic rings. The van der Waals surface area contributed by atoms with E-state index in [0.29, 0.717) is 57.2 Å². The molecule has 204 valence electrons.